The summed E-state index contributed by atoms with van der Waals surface area (Å²) in [6.07, 6.45) is -13.9. The number of aromatic nitrogens is 2. The van der Waals surface area contributed by atoms with E-state index in [1.807, 2.05) is 45.5 Å². The van der Waals surface area contributed by atoms with E-state index in [1.165, 1.54) is 0 Å². The summed E-state index contributed by atoms with van der Waals surface area (Å²) >= 11 is 0. The molecular weight excluding hydrogens is 874 g/mol. The predicted molar refractivity (Wildman–Crippen MR) is 245 cm³/mol. The standard InChI is InChI=1S/C55H34F9N3/c1-30-16-35(22-39(19-30)53(56,57)58)33-12-14-44-42-8-4-6-10-47(42)66(49(44)25-33)51-27-38(37-18-32(3)21-41(24-37)55(62,63)64)28-52(46(51)29-65)67-48-11-7-5-9-43(48)45-15-13-34(26-50(45)67)36-17-31(2)20-40(23-36)54(59,60)61/h4-28H,1-3H3. The highest BCUT2D eigenvalue weighted by Crippen LogP contribution is 2.44. The lowest BCUT2D eigenvalue weighted by Crippen LogP contribution is -2.07. The predicted octanol–water partition coefficient (Wildman–Crippen LogP) is 16.7. The van der Waals surface area contributed by atoms with Crippen LogP contribution in [-0.4, -0.2) is 9.13 Å². The molecule has 0 radical (unpaired) electrons. The molecule has 12 heteroatoms. The van der Waals surface area contributed by atoms with Gasteiger partial charge in [-0.05, 0) is 144 Å². The highest BCUT2D eigenvalue weighted by atomic mass is 19.4. The Morgan fingerprint density at radius 3 is 1.04 bits per heavy atom. The fourth-order valence-corrected chi connectivity index (χ4v) is 9.41. The van der Waals surface area contributed by atoms with Crippen molar-refractivity contribution in [1.82, 2.24) is 9.13 Å². The number of hydrogen-bond acceptors (Lipinski definition) is 1. The molecule has 0 bridgehead atoms. The van der Waals surface area contributed by atoms with Gasteiger partial charge in [0.1, 0.15) is 11.6 Å². The lowest BCUT2D eigenvalue weighted by atomic mass is 9.96. The van der Waals surface area contributed by atoms with Crippen LogP contribution in [0.3, 0.4) is 0 Å². The second-order valence-electron chi connectivity index (χ2n) is 16.9. The molecule has 0 aliphatic rings. The van der Waals surface area contributed by atoms with E-state index in [2.05, 4.69) is 6.07 Å². The Labute approximate surface area is 377 Å². The monoisotopic (exact) mass is 907 g/mol. The number of nitrogens with zero attached hydrogens (tertiary/aromatic N) is 3. The Morgan fingerprint density at radius 1 is 0.358 bits per heavy atom. The van der Waals surface area contributed by atoms with E-state index in [0.717, 1.165) is 47.2 Å². The average molecular weight is 908 g/mol. The van der Waals surface area contributed by atoms with Crippen LogP contribution in [0.2, 0.25) is 0 Å². The van der Waals surface area contributed by atoms with E-state index in [9.17, 15) is 44.8 Å². The molecule has 3 nitrogen and oxygen atoms in total. The van der Waals surface area contributed by atoms with Crippen molar-refractivity contribution in [3.63, 3.8) is 0 Å². The van der Waals surface area contributed by atoms with Crippen molar-refractivity contribution in [2.24, 2.45) is 0 Å². The number of nitriles is 1. The van der Waals surface area contributed by atoms with Gasteiger partial charge in [-0.15, -0.1) is 0 Å². The van der Waals surface area contributed by atoms with Crippen molar-refractivity contribution in [2.45, 2.75) is 39.3 Å². The van der Waals surface area contributed by atoms with Crippen LogP contribution in [-0.2, 0) is 18.5 Å². The Kier molecular flexibility index (Phi) is 9.92. The van der Waals surface area contributed by atoms with Gasteiger partial charge in [0.15, 0.2) is 0 Å². The first-order valence-electron chi connectivity index (χ1n) is 21.0. The third kappa shape index (κ3) is 7.54. The van der Waals surface area contributed by atoms with Crippen molar-refractivity contribution in [3.05, 3.63) is 191 Å². The molecule has 8 aromatic carbocycles. The fraction of sp³-hybridized carbons (Fsp3) is 0.109. The van der Waals surface area contributed by atoms with Gasteiger partial charge >= 0.3 is 18.5 Å². The van der Waals surface area contributed by atoms with Crippen molar-refractivity contribution >= 4 is 43.6 Å². The SMILES string of the molecule is Cc1cc(-c2cc(-n3c4ccccc4c4ccc(-c5cc(C)cc(C(F)(F)F)c5)cc43)c(C#N)c(-n3c4ccccc4c4ccc(-c5cc(C)cc(C(F)(F)F)c5)cc43)c2)cc(C(F)(F)F)c1. The largest absolute Gasteiger partial charge is 0.416 e. The summed E-state index contributed by atoms with van der Waals surface area (Å²) in [5, 5.41) is 14.3. The first-order valence-corrected chi connectivity index (χ1v) is 21.0. The van der Waals surface area contributed by atoms with Gasteiger partial charge in [0.05, 0.1) is 50.1 Å². The molecule has 0 spiro atoms. The number of hydrogen-bond donors (Lipinski definition) is 0. The summed E-state index contributed by atoms with van der Waals surface area (Å²) in [4.78, 5) is 0. The number of rotatable bonds is 5. The molecule has 332 valence electrons. The molecular formula is C55H34F9N3. The zero-order valence-corrected chi connectivity index (χ0v) is 35.7. The third-order valence-corrected chi connectivity index (χ3v) is 12.3. The minimum Gasteiger partial charge on any atom is -0.308 e. The summed E-state index contributed by atoms with van der Waals surface area (Å²) in [7, 11) is 0. The molecule has 67 heavy (non-hydrogen) atoms. The highest BCUT2D eigenvalue weighted by molar-refractivity contribution is 6.12. The molecule has 0 saturated carbocycles. The van der Waals surface area contributed by atoms with Crippen LogP contribution < -0.4 is 0 Å². The molecule has 0 saturated heterocycles. The maximum absolute atomic E-state index is 14.5. The molecule has 0 aliphatic carbocycles. The molecule has 10 aromatic rings. The van der Waals surface area contributed by atoms with E-state index < -0.39 is 35.2 Å². The lowest BCUT2D eigenvalue weighted by Gasteiger charge is -2.19. The molecule has 0 aliphatic heterocycles. The van der Waals surface area contributed by atoms with Crippen LogP contribution in [0.15, 0.2) is 152 Å². The first-order chi connectivity index (χ1) is 31.8. The fourth-order valence-electron chi connectivity index (χ4n) is 9.41. The minimum atomic E-state index is -4.70. The summed E-state index contributed by atoms with van der Waals surface area (Å²) in [5.41, 5.74) is 3.48. The van der Waals surface area contributed by atoms with E-state index in [0.29, 0.717) is 77.3 Å². The van der Waals surface area contributed by atoms with Gasteiger partial charge in [0.25, 0.3) is 0 Å². The van der Waals surface area contributed by atoms with Crippen molar-refractivity contribution in [3.8, 4) is 50.8 Å². The van der Waals surface area contributed by atoms with Gasteiger partial charge in [-0.25, -0.2) is 0 Å². The van der Waals surface area contributed by atoms with Gasteiger partial charge in [0, 0.05) is 21.5 Å². The van der Waals surface area contributed by atoms with Crippen LogP contribution in [0.1, 0.15) is 38.9 Å². The molecule has 0 fully saturated rings. The van der Waals surface area contributed by atoms with Gasteiger partial charge < -0.3 is 9.13 Å². The maximum atomic E-state index is 14.5. The number of alkyl halides is 9. The van der Waals surface area contributed by atoms with E-state index >= 15 is 0 Å². The Hall–Kier alpha value is -7.78. The van der Waals surface area contributed by atoms with Crippen LogP contribution in [0.5, 0.6) is 0 Å². The van der Waals surface area contributed by atoms with Gasteiger partial charge in [-0.3, -0.25) is 0 Å². The summed E-state index contributed by atoms with van der Waals surface area (Å²) in [6, 6.07) is 42.2. The number of aryl methyl sites for hydroxylation is 3. The van der Waals surface area contributed by atoms with E-state index in [-0.39, 0.29) is 22.5 Å². The smallest absolute Gasteiger partial charge is 0.308 e. The maximum Gasteiger partial charge on any atom is 0.416 e. The lowest BCUT2D eigenvalue weighted by molar-refractivity contribution is -0.138. The second kappa shape index (κ2) is 15.4. The van der Waals surface area contributed by atoms with Gasteiger partial charge in [0.2, 0.25) is 0 Å². The summed E-state index contributed by atoms with van der Waals surface area (Å²) in [6.45, 7) is 4.71. The summed E-state index contributed by atoms with van der Waals surface area (Å²) in [5.74, 6) is 0. The minimum absolute atomic E-state index is 0.0957. The Balaban J connectivity index is 1.33. The van der Waals surface area contributed by atoms with E-state index in [1.54, 1.807) is 99.6 Å². The van der Waals surface area contributed by atoms with E-state index in [4.69, 9.17) is 0 Å². The normalized spacial score (nSPS) is 12.5. The highest BCUT2D eigenvalue weighted by Gasteiger charge is 2.34. The zero-order valence-electron chi connectivity index (χ0n) is 35.7. The molecule has 0 atom stereocenters. The van der Waals surface area contributed by atoms with Gasteiger partial charge in [-0.2, -0.15) is 44.8 Å². The molecule has 2 heterocycles. The number of halogens is 9. The van der Waals surface area contributed by atoms with Crippen LogP contribution in [0, 0.1) is 32.1 Å². The number of para-hydroxylation sites is 2. The molecule has 0 amide bonds. The summed E-state index contributed by atoms with van der Waals surface area (Å²) < 4.78 is 132. The molecule has 0 N–H and O–H groups in total. The average Bonchev–Trinajstić information content (AvgIpc) is 3.79. The number of fused-ring (bicyclic) bond motifs is 6. The van der Waals surface area contributed by atoms with Crippen molar-refractivity contribution < 1.29 is 39.5 Å². The van der Waals surface area contributed by atoms with Crippen molar-refractivity contribution in [2.75, 3.05) is 0 Å². The van der Waals surface area contributed by atoms with Gasteiger partial charge in [-0.1, -0.05) is 78.9 Å². The quantitative estimate of drug-likeness (QED) is 0.158. The third-order valence-electron chi connectivity index (χ3n) is 12.3. The van der Waals surface area contributed by atoms with Crippen LogP contribution in [0.4, 0.5) is 39.5 Å². The number of benzene rings is 8. The molecule has 2 aromatic heterocycles. The molecule has 10 rings (SSSR count). The van der Waals surface area contributed by atoms with Crippen LogP contribution >= 0.6 is 0 Å². The van der Waals surface area contributed by atoms with Crippen LogP contribution in [0.25, 0.3) is 88.4 Å². The Bertz CT molecular complexity index is 3510. The zero-order chi connectivity index (χ0) is 47.3. The van der Waals surface area contributed by atoms with Crippen molar-refractivity contribution in [1.29, 1.82) is 5.26 Å². The second-order valence-corrected chi connectivity index (χ2v) is 16.9. The molecule has 0 unspecified atom stereocenters. The Morgan fingerprint density at radius 2 is 0.687 bits per heavy atom. The topological polar surface area (TPSA) is 33.6 Å². The first kappa shape index (κ1) is 43.1.